The molecule has 0 unspecified atom stereocenters. The zero-order valence-corrected chi connectivity index (χ0v) is 11.0. The maximum atomic E-state index is 11.3. The Kier molecular flexibility index (Phi) is 7.28. The largest absolute Gasteiger partial charge is 0.450 e. The first-order valence-corrected chi connectivity index (χ1v) is 6.19. The number of nitrogens with zero attached hydrogens (tertiary/aromatic N) is 1. The van der Waals surface area contributed by atoms with Gasteiger partial charge in [-0.05, 0) is 12.0 Å². The van der Waals surface area contributed by atoms with Crippen molar-refractivity contribution >= 4 is 12.1 Å². The SMILES string of the molecule is N#CCOC(=O)CCCNC(=O)OCc1ccccc1. The molecule has 0 saturated carbocycles. The Bertz CT molecular complexity index is 468. The maximum Gasteiger partial charge on any atom is 0.407 e. The van der Waals surface area contributed by atoms with E-state index in [-0.39, 0.29) is 19.6 Å². The number of ether oxygens (including phenoxy) is 2. The van der Waals surface area contributed by atoms with E-state index in [9.17, 15) is 9.59 Å². The first kappa shape index (κ1) is 15.5. The van der Waals surface area contributed by atoms with Gasteiger partial charge in [0.15, 0.2) is 6.61 Å². The van der Waals surface area contributed by atoms with E-state index < -0.39 is 12.1 Å². The summed E-state index contributed by atoms with van der Waals surface area (Å²) in [7, 11) is 0. The number of nitriles is 1. The van der Waals surface area contributed by atoms with Gasteiger partial charge in [0.25, 0.3) is 0 Å². The fourth-order valence-corrected chi connectivity index (χ4v) is 1.38. The molecule has 106 valence electrons. The van der Waals surface area contributed by atoms with E-state index in [4.69, 9.17) is 10.00 Å². The molecule has 0 heterocycles. The van der Waals surface area contributed by atoms with E-state index in [1.54, 1.807) is 6.07 Å². The summed E-state index contributed by atoms with van der Waals surface area (Å²) in [5.41, 5.74) is 0.905. The summed E-state index contributed by atoms with van der Waals surface area (Å²) in [6, 6.07) is 11.0. The van der Waals surface area contributed by atoms with Crippen LogP contribution in [0.25, 0.3) is 0 Å². The minimum absolute atomic E-state index is 0.153. The van der Waals surface area contributed by atoms with E-state index in [2.05, 4.69) is 10.1 Å². The quantitative estimate of drug-likeness (QED) is 0.605. The van der Waals surface area contributed by atoms with Crippen LogP contribution in [0.2, 0.25) is 0 Å². The molecular formula is C14H16N2O4. The molecule has 0 atom stereocenters. The van der Waals surface area contributed by atoms with Crippen LogP contribution in [0.4, 0.5) is 4.79 Å². The molecule has 1 aromatic rings. The van der Waals surface area contributed by atoms with Gasteiger partial charge in [-0.15, -0.1) is 0 Å². The molecular weight excluding hydrogens is 260 g/mol. The lowest BCUT2D eigenvalue weighted by Crippen LogP contribution is -2.25. The number of carbonyl (C=O) groups excluding carboxylic acids is 2. The van der Waals surface area contributed by atoms with Gasteiger partial charge < -0.3 is 14.8 Å². The van der Waals surface area contributed by atoms with E-state index >= 15 is 0 Å². The van der Waals surface area contributed by atoms with Crippen LogP contribution >= 0.6 is 0 Å². The van der Waals surface area contributed by atoms with Gasteiger partial charge in [-0.25, -0.2) is 4.79 Å². The van der Waals surface area contributed by atoms with E-state index in [1.807, 2.05) is 30.3 Å². The van der Waals surface area contributed by atoms with Gasteiger partial charge in [-0.3, -0.25) is 4.79 Å². The first-order valence-electron chi connectivity index (χ1n) is 6.19. The minimum Gasteiger partial charge on any atom is -0.450 e. The lowest BCUT2D eigenvalue weighted by molar-refractivity contribution is -0.142. The second-order valence-electron chi connectivity index (χ2n) is 3.91. The van der Waals surface area contributed by atoms with Crippen LogP contribution in [0.1, 0.15) is 18.4 Å². The summed E-state index contributed by atoms with van der Waals surface area (Å²) in [4.78, 5) is 22.4. The molecule has 0 aliphatic rings. The lowest BCUT2D eigenvalue weighted by atomic mass is 10.2. The van der Waals surface area contributed by atoms with Crippen LogP contribution in [0.3, 0.4) is 0 Å². The monoisotopic (exact) mass is 276 g/mol. The Morgan fingerprint density at radius 1 is 1.20 bits per heavy atom. The minimum atomic E-state index is -0.528. The Hall–Kier alpha value is -2.55. The highest BCUT2D eigenvalue weighted by molar-refractivity contribution is 5.70. The molecule has 1 N–H and O–H groups in total. The Labute approximate surface area is 117 Å². The van der Waals surface area contributed by atoms with Gasteiger partial charge in [0.1, 0.15) is 12.7 Å². The number of esters is 1. The molecule has 1 amide bonds. The summed E-state index contributed by atoms with van der Waals surface area (Å²) in [5.74, 6) is -0.453. The average Bonchev–Trinajstić information content (AvgIpc) is 2.48. The van der Waals surface area contributed by atoms with Crippen molar-refractivity contribution in [2.45, 2.75) is 19.4 Å². The molecule has 0 bridgehead atoms. The first-order chi connectivity index (χ1) is 9.72. The highest BCUT2D eigenvalue weighted by Gasteiger charge is 2.04. The molecule has 6 heteroatoms. The van der Waals surface area contributed by atoms with Crippen molar-refractivity contribution in [3.05, 3.63) is 35.9 Å². The third-order valence-corrected chi connectivity index (χ3v) is 2.34. The van der Waals surface area contributed by atoms with Gasteiger partial charge in [-0.1, -0.05) is 30.3 Å². The summed E-state index contributed by atoms with van der Waals surface area (Å²) < 4.78 is 9.55. The second kappa shape index (κ2) is 9.39. The fourth-order valence-electron chi connectivity index (χ4n) is 1.38. The highest BCUT2D eigenvalue weighted by atomic mass is 16.5. The molecule has 0 saturated heterocycles. The molecule has 6 nitrogen and oxygen atoms in total. The average molecular weight is 276 g/mol. The normalized spacial score (nSPS) is 9.35. The highest BCUT2D eigenvalue weighted by Crippen LogP contribution is 2.00. The van der Waals surface area contributed by atoms with Crippen molar-refractivity contribution in [1.82, 2.24) is 5.32 Å². The summed E-state index contributed by atoms with van der Waals surface area (Å²) in [5, 5.41) is 10.7. The number of rotatable bonds is 7. The molecule has 0 aromatic heterocycles. The van der Waals surface area contributed by atoms with E-state index in [0.29, 0.717) is 13.0 Å². The number of hydrogen-bond acceptors (Lipinski definition) is 5. The summed E-state index contributed by atoms with van der Waals surface area (Å²) >= 11 is 0. The molecule has 1 aromatic carbocycles. The van der Waals surface area contributed by atoms with Gasteiger partial charge in [-0.2, -0.15) is 5.26 Å². The predicted octanol–water partition coefficient (Wildman–Crippen LogP) is 1.76. The van der Waals surface area contributed by atoms with Crippen molar-refractivity contribution < 1.29 is 19.1 Å². The van der Waals surface area contributed by atoms with Crippen LogP contribution in [0.15, 0.2) is 30.3 Å². The Morgan fingerprint density at radius 3 is 2.65 bits per heavy atom. The van der Waals surface area contributed by atoms with Crippen molar-refractivity contribution in [2.24, 2.45) is 0 Å². The standard InChI is InChI=1S/C14H16N2O4/c15-8-10-19-13(17)7-4-9-16-14(18)20-11-12-5-2-1-3-6-12/h1-3,5-6H,4,7,9-11H2,(H,16,18). The Balaban J connectivity index is 2.06. The van der Waals surface area contributed by atoms with Crippen molar-refractivity contribution in [3.63, 3.8) is 0 Å². The number of benzene rings is 1. The van der Waals surface area contributed by atoms with Crippen molar-refractivity contribution in [1.29, 1.82) is 5.26 Å². The van der Waals surface area contributed by atoms with Gasteiger partial charge in [0, 0.05) is 13.0 Å². The number of carbonyl (C=O) groups is 2. The van der Waals surface area contributed by atoms with Crippen LogP contribution in [0, 0.1) is 11.3 Å². The maximum absolute atomic E-state index is 11.3. The fraction of sp³-hybridized carbons (Fsp3) is 0.357. The molecule has 0 fully saturated rings. The zero-order valence-electron chi connectivity index (χ0n) is 11.0. The number of amides is 1. The van der Waals surface area contributed by atoms with Crippen LogP contribution in [-0.4, -0.2) is 25.2 Å². The van der Waals surface area contributed by atoms with Crippen LogP contribution < -0.4 is 5.32 Å². The predicted molar refractivity (Wildman–Crippen MR) is 70.4 cm³/mol. The van der Waals surface area contributed by atoms with Crippen molar-refractivity contribution in [3.8, 4) is 6.07 Å². The van der Waals surface area contributed by atoms with Crippen molar-refractivity contribution in [2.75, 3.05) is 13.2 Å². The number of nitrogens with one attached hydrogen (secondary N) is 1. The number of alkyl carbamates (subject to hydrolysis) is 1. The van der Waals surface area contributed by atoms with Gasteiger partial charge >= 0.3 is 12.1 Å². The second-order valence-corrected chi connectivity index (χ2v) is 3.91. The molecule has 0 spiro atoms. The zero-order chi connectivity index (χ0) is 14.6. The lowest BCUT2D eigenvalue weighted by Gasteiger charge is -2.06. The van der Waals surface area contributed by atoms with Gasteiger partial charge in [0.05, 0.1) is 0 Å². The number of hydrogen-bond donors (Lipinski definition) is 1. The van der Waals surface area contributed by atoms with E-state index in [0.717, 1.165) is 5.56 Å². The molecule has 0 radical (unpaired) electrons. The molecule has 20 heavy (non-hydrogen) atoms. The van der Waals surface area contributed by atoms with E-state index in [1.165, 1.54) is 0 Å². The molecule has 0 aliphatic heterocycles. The van der Waals surface area contributed by atoms with Crippen LogP contribution in [-0.2, 0) is 20.9 Å². The van der Waals surface area contributed by atoms with Gasteiger partial charge in [0.2, 0.25) is 0 Å². The molecule has 1 rings (SSSR count). The summed E-state index contributed by atoms with van der Waals surface area (Å²) in [6.45, 7) is 0.275. The summed E-state index contributed by atoms with van der Waals surface area (Å²) in [6.07, 6.45) is 0.0602. The van der Waals surface area contributed by atoms with Crippen LogP contribution in [0.5, 0.6) is 0 Å². The topological polar surface area (TPSA) is 88.4 Å². The Morgan fingerprint density at radius 2 is 1.95 bits per heavy atom. The third kappa shape index (κ3) is 7.01. The third-order valence-electron chi connectivity index (χ3n) is 2.34. The smallest absolute Gasteiger partial charge is 0.407 e. The molecule has 0 aliphatic carbocycles.